The van der Waals surface area contributed by atoms with Gasteiger partial charge in [0.15, 0.2) is 12.4 Å². The third-order valence-electron chi connectivity index (χ3n) is 10.8. The van der Waals surface area contributed by atoms with Crippen LogP contribution < -0.4 is 20.7 Å². The number of hydrogen-bond donors (Lipinski definition) is 3. The fourth-order valence-corrected chi connectivity index (χ4v) is 8.86. The Kier molecular flexibility index (Phi) is 15.3. The van der Waals surface area contributed by atoms with Crippen LogP contribution in [0.4, 0.5) is 0 Å². The van der Waals surface area contributed by atoms with Crippen LogP contribution in [0.25, 0.3) is 5.00 Å². The summed E-state index contributed by atoms with van der Waals surface area (Å²) in [5.74, 6) is -1.73. The number of aliphatic imine (C=N–C) groups is 1. The third kappa shape index (κ3) is 10.6. The summed E-state index contributed by atoms with van der Waals surface area (Å²) in [6.07, 6.45) is 1.30. The Morgan fingerprint density at radius 2 is 1.52 bits per heavy atom. The first kappa shape index (κ1) is 46.1. The van der Waals surface area contributed by atoms with E-state index in [4.69, 9.17) is 35.5 Å². The van der Waals surface area contributed by atoms with Gasteiger partial charge in [0, 0.05) is 53.8 Å². The smallest absolute Gasteiger partial charge is 0.266 e. The molecule has 4 aromatic rings. The van der Waals surface area contributed by atoms with Crippen molar-refractivity contribution in [2.45, 2.75) is 65.0 Å². The van der Waals surface area contributed by atoms with Crippen molar-refractivity contribution in [3.05, 3.63) is 91.8 Å². The lowest BCUT2D eigenvalue weighted by atomic mass is 9.99. The van der Waals surface area contributed by atoms with E-state index in [1.165, 1.54) is 23.1 Å². The lowest BCUT2D eigenvalue weighted by molar-refractivity contribution is -0.136. The Morgan fingerprint density at radius 3 is 2.20 bits per heavy atom. The van der Waals surface area contributed by atoms with Gasteiger partial charge in [-0.05, 0) is 69.9 Å². The Hall–Kier alpha value is -5.86. The van der Waals surface area contributed by atoms with E-state index in [-0.39, 0.29) is 42.0 Å². The summed E-state index contributed by atoms with van der Waals surface area (Å²) in [6, 6.07) is 10.4. The Bertz CT molecular complexity index is 2450. The van der Waals surface area contributed by atoms with Gasteiger partial charge in [-0.3, -0.25) is 48.5 Å². The number of nitrogens with one attached hydrogen (secondary N) is 3. The van der Waals surface area contributed by atoms with E-state index in [2.05, 4.69) is 40.0 Å². The summed E-state index contributed by atoms with van der Waals surface area (Å²) in [4.78, 5) is 82.9. The standard InChI is InChI=1S/C44H49ClN8O10S/c1-25-26(2)64-44-37(25)39(28-9-11-29(45)12-10-28)48-31(40-51-50-27(3)52(40)44)23-35(55)46-15-5-17-60-19-21-62-22-20-61-18-6-16-47-36(56)24-63-33-8-4-7-30-38(33)43(59)53(42(30)58)32-13-14-34(54)49-41(32)57/h4,7-12,31-32H,5-6,13-24H2,1-3H3,(H,46,55)(H,47,56)(H,49,54,57)/t31-,32?/m0/s1. The molecule has 338 valence electrons. The number of benzene rings is 2. The molecule has 5 heterocycles. The van der Waals surface area contributed by atoms with Gasteiger partial charge < -0.3 is 29.6 Å². The van der Waals surface area contributed by atoms with E-state index in [1.807, 2.05) is 35.8 Å². The molecule has 7 rings (SSSR count). The molecule has 1 fully saturated rings. The van der Waals surface area contributed by atoms with Gasteiger partial charge in [-0.15, -0.1) is 21.5 Å². The van der Waals surface area contributed by atoms with Gasteiger partial charge in [0.25, 0.3) is 17.7 Å². The van der Waals surface area contributed by atoms with Crippen LogP contribution >= 0.6 is 22.9 Å². The van der Waals surface area contributed by atoms with Crippen molar-refractivity contribution in [3.8, 4) is 10.8 Å². The van der Waals surface area contributed by atoms with Gasteiger partial charge in [-0.1, -0.05) is 29.8 Å². The van der Waals surface area contributed by atoms with Crippen molar-refractivity contribution in [2.24, 2.45) is 4.99 Å². The Morgan fingerprint density at radius 1 is 0.844 bits per heavy atom. The average molecular weight is 917 g/mol. The molecule has 0 radical (unpaired) electrons. The summed E-state index contributed by atoms with van der Waals surface area (Å²) >= 11 is 7.87. The van der Waals surface area contributed by atoms with Crippen molar-refractivity contribution in [1.82, 2.24) is 35.6 Å². The number of rotatable bonds is 21. The second kappa shape index (κ2) is 21.2. The summed E-state index contributed by atoms with van der Waals surface area (Å²) in [6.45, 7) is 8.77. The van der Waals surface area contributed by atoms with Crippen LogP contribution in [0.5, 0.6) is 5.75 Å². The molecule has 1 unspecified atom stereocenters. The van der Waals surface area contributed by atoms with Crippen molar-refractivity contribution in [3.63, 3.8) is 0 Å². The third-order valence-corrected chi connectivity index (χ3v) is 12.3. The summed E-state index contributed by atoms with van der Waals surface area (Å²) < 4.78 is 24.5. The number of aryl methyl sites for hydroxylation is 2. The highest BCUT2D eigenvalue weighted by Crippen LogP contribution is 2.40. The molecular weight excluding hydrogens is 868 g/mol. The number of aromatic nitrogens is 3. The summed E-state index contributed by atoms with van der Waals surface area (Å²) in [5.41, 5.74) is 3.87. The van der Waals surface area contributed by atoms with Crippen molar-refractivity contribution >= 4 is 64.1 Å². The normalized spacial score (nSPS) is 16.8. The molecule has 2 aromatic carbocycles. The molecule has 1 saturated heterocycles. The van der Waals surface area contributed by atoms with Crippen LogP contribution in [-0.2, 0) is 33.4 Å². The highest BCUT2D eigenvalue weighted by atomic mass is 35.5. The van der Waals surface area contributed by atoms with Gasteiger partial charge in [0.1, 0.15) is 28.7 Å². The maximum atomic E-state index is 13.2. The quantitative estimate of drug-likeness (QED) is 0.0804. The Labute approximate surface area is 378 Å². The second-order valence-corrected chi connectivity index (χ2v) is 16.9. The van der Waals surface area contributed by atoms with Crippen LogP contribution in [0, 0.1) is 20.8 Å². The minimum atomic E-state index is -1.10. The molecule has 0 aliphatic carbocycles. The SMILES string of the molecule is Cc1sc2c(c1C)C(c1ccc(Cl)cc1)=N[C@@H](CC(=O)NCCCOCCOCCOCCCNC(=O)COc1cccc3c1C(=O)N(C1CCC(=O)NC1=O)C3=O)c1nnc(C)n1-2. The fourth-order valence-electron chi connectivity index (χ4n) is 7.52. The number of hydrogen-bond acceptors (Lipinski definition) is 14. The molecular formula is C44H49ClN8O10S. The van der Waals surface area contributed by atoms with E-state index in [0.717, 1.165) is 38.1 Å². The van der Waals surface area contributed by atoms with Crippen molar-refractivity contribution in [1.29, 1.82) is 0 Å². The van der Waals surface area contributed by atoms with E-state index in [1.54, 1.807) is 11.3 Å². The zero-order chi connectivity index (χ0) is 45.3. The van der Waals surface area contributed by atoms with Gasteiger partial charge in [-0.25, -0.2) is 0 Å². The van der Waals surface area contributed by atoms with Crippen molar-refractivity contribution < 1.29 is 47.7 Å². The van der Waals surface area contributed by atoms with Crippen LogP contribution in [0.2, 0.25) is 5.02 Å². The number of amides is 6. The Balaban J connectivity index is 0.730. The first-order valence-electron chi connectivity index (χ1n) is 21.0. The number of ether oxygens (including phenoxy) is 4. The first-order valence-corrected chi connectivity index (χ1v) is 22.2. The highest BCUT2D eigenvalue weighted by Gasteiger charge is 2.46. The minimum absolute atomic E-state index is 0.00734. The second-order valence-electron chi connectivity index (χ2n) is 15.3. The summed E-state index contributed by atoms with van der Waals surface area (Å²) in [5, 5.41) is 18.3. The highest BCUT2D eigenvalue weighted by molar-refractivity contribution is 7.15. The number of carbonyl (C=O) groups is 6. The molecule has 18 nitrogen and oxygen atoms in total. The molecule has 3 aliphatic rings. The maximum absolute atomic E-state index is 13.2. The summed E-state index contributed by atoms with van der Waals surface area (Å²) in [7, 11) is 0. The molecule has 0 spiro atoms. The van der Waals surface area contributed by atoms with Gasteiger partial charge in [0.2, 0.25) is 17.7 Å². The zero-order valence-corrected chi connectivity index (χ0v) is 37.3. The zero-order valence-electron chi connectivity index (χ0n) is 35.7. The number of nitrogens with zero attached hydrogens (tertiary/aromatic N) is 5. The molecule has 64 heavy (non-hydrogen) atoms. The van der Waals surface area contributed by atoms with Crippen LogP contribution in [0.15, 0.2) is 47.5 Å². The van der Waals surface area contributed by atoms with Crippen LogP contribution in [0.3, 0.4) is 0 Å². The minimum Gasteiger partial charge on any atom is -0.483 e. The molecule has 2 aromatic heterocycles. The van der Waals surface area contributed by atoms with E-state index in [0.29, 0.717) is 76.4 Å². The van der Waals surface area contributed by atoms with Gasteiger partial charge in [-0.2, -0.15) is 0 Å². The predicted octanol–water partition coefficient (Wildman–Crippen LogP) is 3.73. The lowest BCUT2D eigenvalue weighted by Gasteiger charge is -2.27. The molecule has 20 heteroatoms. The van der Waals surface area contributed by atoms with Gasteiger partial charge in [0.05, 0.1) is 49.7 Å². The van der Waals surface area contributed by atoms with Crippen LogP contribution in [0.1, 0.15) is 92.1 Å². The number of piperidine rings is 1. The fraction of sp³-hybridized carbons (Fsp3) is 0.432. The van der Waals surface area contributed by atoms with E-state index < -0.39 is 48.2 Å². The molecule has 0 bridgehead atoms. The molecule has 0 saturated carbocycles. The molecule has 3 aliphatic heterocycles. The van der Waals surface area contributed by atoms with Crippen LogP contribution in [-0.4, -0.2) is 126 Å². The number of carbonyl (C=O) groups excluding carboxylic acids is 6. The number of halogens is 1. The molecule has 2 atom stereocenters. The number of fused-ring (bicyclic) bond motifs is 4. The largest absolute Gasteiger partial charge is 0.483 e. The lowest BCUT2D eigenvalue weighted by Crippen LogP contribution is -2.54. The number of imide groups is 2. The topological polar surface area (TPSA) is 222 Å². The average Bonchev–Trinajstić information content (AvgIpc) is 3.85. The van der Waals surface area contributed by atoms with E-state index in [9.17, 15) is 28.8 Å². The number of thiophene rings is 1. The predicted molar refractivity (Wildman–Crippen MR) is 234 cm³/mol. The molecule has 6 amide bonds. The van der Waals surface area contributed by atoms with Gasteiger partial charge >= 0.3 is 0 Å². The maximum Gasteiger partial charge on any atom is 0.266 e. The van der Waals surface area contributed by atoms with Crippen molar-refractivity contribution in [2.75, 3.05) is 59.3 Å². The molecule has 3 N–H and O–H groups in total. The monoisotopic (exact) mass is 916 g/mol. The van der Waals surface area contributed by atoms with E-state index >= 15 is 0 Å². The first-order chi connectivity index (χ1) is 30.9.